The third-order valence-electron chi connectivity index (χ3n) is 6.01. The maximum atomic E-state index is 13.8. The lowest BCUT2D eigenvalue weighted by molar-refractivity contribution is 0.0830. The molecule has 0 aliphatic carbocycles. The number of carbonyl (C=O) groups is 1. The fourth-order valence-electron chi connectivity index (χ4n) is 4.16. The molecule has 0 spiro atoms. The molecule has 0 saturated carbocycles. The summed E-state index contributed by atoms with van der Waals surface area (Å²) in [6.07, 6.45) is 3.56. The summed E-state index contributed by atoms with van der Waals surface area (Å²) < 4.78 is 29.4. The first-order valence-electron chi connectivity index (χ1n) is 11.7. The number of pyridine rings is 1. The summed E-state index contributed by atoms with van der Waals surface area (Å²) >= 11 is 0. The van der Waals surface area contributed by atoms with Crippen LogP contribution in [0.4, 0.5) is 8.78 Å². The normalized spacial score (nSPS) is 13.0. The van der Waals surface area contributed by atoms with E-state index in [1.54, 1.807) is 12.3 Å². The van der Waals surface area contributed by atoms with Gasteiger partial charge in [-0.3, -0.25) is 4.79 Å². The lowest BCUT2D eigenvalue weighted by Gasteiger charge is -2.25. The van der Waals surface area contributed by atoms with Gasteiger partial charge in [0.05, 0.1) is 17.7 Å². The SMILES string of the molecule is CCc1cccc(CNCC(O)C(Cc2cc(F)cc(F)c2)NC(=O)c2cc3ccccn3c2)c1. The van der Waals surface area contributed by atoms with Crippen molar-refractivity contribution in [3.63, 3.8) is 0 Å². The van der Waals surface area contributed by atoms with Crippen LogP contribution in [0, 0.1) is 11.6 Å². The Morgan fingerprint density at radius 2 is 1.74 bits per heavy atom. The molecular formula is C28H29F2N3O2. The third kappa shape index (κ3) is 6.53. The molecule has 2 atom stereocenters. The van der Waals surface area contributed by atoms with E-state index in [0.717, 1.165) is 23.6 Å². The van der Waals surface area contributed by atoms with E-state index in [4.69, 9.17) is 0 Å². The van der Waals surface area contributed by atoms with Gasteiger partial charge in [-0.05, 0) is 59.9 Å². The molecule has 4 aromatic rings. The first-order chi connectivity index (χ1) is 16.9. The van der Waals surface area contributed by atoms with Gasteiger partial charge in [-0.2, -0.15) is 0 Å². The Balaban J connectivity index is 1.47. The van der Waals surface area contributed by atoms with Crippen molar-refractivity contribution >= 4 is 11.4 Å². The van der Waals surface area contributed by atoms with Crippen molar-refractivity contribution in [1.82, 2.24) is 15.0 Å². The minimum absolute atomic E-state index is 0.0714. The molecule has 2 unspecified atom stereocenters. The van der Waals surface area contributed by atoms with Gasteiger partial charge in [-0.1, -0.05) is 37.3 Å². The predicted molar refractivity (Wildman–Crippen MR) is 132 cm³/mol. The number of aliphatic hydroxyl groups is 1. The van der Waals surface area contributed by atoms with Crippen molar-refractivity contribution in [3.8, 4) is 0 Å². The van der Waals surface area contributed by atoms with Crippen LogP contribution in [0.2, 0.25) is 0 Å². The van der Waals surface area contributed by atoms with Gasteiger partial charge in [0.15, 0.2) is 0 Å². The fourth-order valence-corrected chi connectivity index (χ4v) is 4.16. The highest BCUT2D eigenvalue weighted by molar-refractivity contribution is 5.95. The molecule has 0 radical (unpaired) electrons. The standard InChI is InChI=1S/C28H29F2N3O2/c1-2-19-6-5-7-20(10-19)16-31-17-27(34)26(13-21-11-23(29)15-24(30)12-21)32-28(35)22-14-25-8-3-4-9-33(25)18-22/h3-12,14-15,18,26-27,31,34H,2,13,16-17H2,1H3,(H,32,35). The van der Waals surface area contributed by atoms with E-state index in [-0.39, 0.29) is 18.9 Å². The number of amides is 1. The van der Waals surface area contributed by atoms with Crippen LogP contribution in [-0.4, -0.2) is 34.1 Å². The predicted octanol–water partition coefficient (Wildman–Crippen LogP) is 4.27. The Bertz CT molecular complexity index is 1250. The second kappa shape index (κ2) is 11.3. The van der Waals surface area contributed by atoms with Gasteiger partial charge in [0, 0.05) is 37.1 Å². The van der Waals surface area contributed by atoms with Crippen LogP contribution < -0.4 is 10.6 Å². The van der Waals surface area contributed by atoms with E-state index >= 15 is 0 Å². The molecule has 0 aliphatic heterocycles. The number of aliphatic hydroxyl groups excluding tert-OH is 1. The zero-order valence-corrected chi connectivity index (χ0v) is 19.5. The molecule has 0 fully saturated rings. The zero-order chi connectivity index (χ0) is 24.8. The Morgan fingerprint density at radius 1 is 0.971 bits per heavy atom. The molecular weight excluding hydrogens is 448 g/mol. The maximum Gasteiger partial charge on any atom is 0.253 e. The van der Waals surface area contributed by atoms with Crippen LogP contribution in [0.5, 0.6) is 0 Å². The van der Waals surface area contributed by atoms with Gasteiger partial charge in [0.25, 0.3) is 5.91 Å². The number of benzene rings is 2. The van der Waals surface area contributed by atoms with E-state index in [0.29, 0.717) is 17.7 Å². The number of halogens is 2. The number of nitrogens with zero attached hydrogens (tertiary/aromatic N) is 1. The van der Waals surface area contributed by atoms with Crippen molar-refractivity contribution in [2.24, 2.45) is 0 Å². The van der Waals surface area contributed by atoms with E-state index in [1.807, 2.05) is 40.9 Å². The Morgan fingerprint density at radius 3 is 2.49 bits per heavy atom. The largest absolute Gasteiger partial charge is 0.390 e. The molecule has 7 heteroatoms. The molecule has 2 aromatic heterocycles. The molecule has 2 heterocycles. The van der Waals surface area contributed by atoms with Crippen LogP contribution in [0.25, 0.3) is 5.52 Å². The monoisotopic (exact) mass is 477 g/mol. The number of rotatable bonds is 10. The number of fused-ring (bicyclic) bond motifs is 1. The van der Waals surface area contributed by atoms with E-state index in [1.165, 1.54) is 17.7 Å². The van der Waals surface area contributed by atoms with Crippen molar-refractivity contribution in [2.75, 3.05) is 6.54 Å². The van der Waals surface area contributed by atoms with E-state index < -0.39 is 23.8 Å². The first-order valence-corrected chi connectivity index (χ1v) is 11.7. The van der Waals surface area contributed by atoms with Gasteiger partial charge < -0.3 is 20.1 Å². The topological polar surface area (TPSA) is 65.8 Å². The van der Waals surface area contributed by atoms with E-state index in [2.05, 4.69) is 29.7 Å². The summed E-state index contributed by atoms with van der Waals surface area (Å²) in [5.74, 6) is -1.77. The molecule has 0 aliphatic rings. The molecule has 182 valence electrons. The number of nitrogens with one attached hydrogen (secondary N) is 2. The van der Waals surface area contributed by atoms with Crippen molar-refractivity contribution < 1.29 is 18.7 Å². The van der Waals surface area contributed by atoms with Crippen LogP contribution in [0.15, 0.2) is 79.1 Å². The lowest BCUT2D eigenvalue weighted by Crippen LogP contribution is -2.48. The maximum absolute atomic E-state index is 13.8. The Kier molecular flexibility index (Phi) is 7.90. The third-order valence-corrected chi connectivity index (χ3v) is 6.01. The molecule has 35 heavy (non-hydrogen) atoms. The van der Waals surface area contributed by atoms with Crippen molar-refractivity contribution in [2.45, 2.75) is 38.5 Å². The number of hydrogen-bond acceptors (Lipinski definition) is 3. The molecule has 3 N–H and O–H groups in total. The average Bonchev–Trinajstić information content (AvgIpc) is 3.28. The second-order valence-electron chi connectivity index (χ2n) is 8.70. The minimum atomic E-state index is -0.989. The quantitative estimate of drug-likeness (QED) is 0.320. The van der Waals surface area contributed by atoms with Crippen LogP contribution >= 0.6 is 0 Å². The molecule has 0 saturated heterocycles. The van der Waals surface area contributed by atoms with Gasteiger partial charge >= 0.3 is 0 Å². The number of carbonyl (C=O) groups excluding carboxylic acids is 1. The van der Waals surface area contributed by atoms with Gasteiger partial charge in [-0.15, -0.1) is 0 Å². The van der Waals surface area contributed by atoms with Gasteiger partial charge in [0.1, 0.15) is 11.6 Å². The fraction of sp³-hybridized carbons (Fsp3) is 0.250. The van der Waals surface area contributed by atoms with Crippen LogP contribution in [-0.2, 0) is 19.4 Å². The Labute approximate surface area is 203 Å². The lowest BCUT2D eigenvalue weighted by atomic mass is 10.00. The smallest absolute Gasteiger partial charge is 0.253 e. The van der Waals surface area contributed by atoms with Crippen LogP contribution in [0.3, 0.4) is 0 Å². The van der Waals surface area contributed by atoms with Gasteiger partial charge in [-0.25, -0.2) is 8.78 Å². The summed E-state index contributed by atoms with van der Waals surface area (Å²) in [4.78, 5) is 13.0. The minimum Gasteiger partial charge on any atom is -0.390 e. The highest BCUT2D eigenvalue weighted by atomic mass is 19.1. The summed E-state index contributed by atoms with van der Waals surface area (Å²) in [6, 6.07) is 18.0. The zero-order valence-electron chi connectivity index (χ0n) is 19.5. The summed E-state index contributed by atoms with van der Waals surface area (Å²) in [6.45, 7) is 2.83. The van der Waals surface area contributed by atoms with Crippen LogP contribution in [0.1, 0.15) is 34.0 Å². The molecule has 1 amide bonds. The number of aryl methyl sites for hydroxylation is 1. The molecule has 5 nitrogen and oxygen atoms in total. The molecule has 2 aromatic carbocycles. The van der Waals surface area contributed by atoms with E-state index in [9.17, 15) is 18.7 Å². The summed E-state index contributed by atoms with van der Waals surface area (Å²) in [7, 11) is 0. The van der Waals surface area contributed by atoms with Gasteiger partial charge in [0.2, 0.25) is 0 Å². The highest BCUT2D eigenvalue weighted by Gasteiger charge is 2.23. The van der Waals surface area contributed by atoms with Crippen molar-refractivity contribution in [3.05, 3.63) is 113 Å². The van der Waals surface area contributed by atoms with Crippen molar-refractivity contribution in [1.29, 1.82) is 0 Å². The second-order valence-corrected chi connectivity index (χ2v) is 8.70. The first kappa shape index (κ1) is 24.6. The average molecular weight is 478 g/mol. The summed E-state index contributed by atoms with van der Waals surface area (Å²) in [5.41, 5.74) is 3.96. The Hall–Kier alpha value is -3.55. The highest BCUT2D eigenvalue weighted by Crippen LogP contribution is 2.14. The molecule has 0 bridgehead atoms. The number of hydrogen-bond donors (Lipinski definition) is 3. The summed E-state index contributed by atoms with van der Waals surface area (Å²) in [5, 5.41) is 17.0. The molecule has 4 rings (SSSR count). The number of aromatic nitrogens is 1.